The van der Waals surface area contributed by atoms with Gasteiger partial charge in [0.1, 0.15) is 5.82 Å². The first-order valence-electron chi connectivity index (χ1n) is 10.7. The van der Waals surface area contributed by atoms with E-state index in [1.807, 2.05) is 18.2 Å². The molecule has 1 aliphatic heterocycles. The summed E-state index contributed by atoms with van der Waals surface area (Å²) in [6.07, 6.45) is 2.41. The summed E-state index contributed by atoms with van der Waals surface area (Å²) < 4.78 is 27.0. The highest BCUT2D eigenvalue weighted by molar-refractivity contribution is 8.00. The second kappa shape index (κ2) is 11.6. The van der Waals surface area contributed by atoms with Crippen LogP contribution in [0.25, 0.3) is 0 Å². The molecule has 0 unspecified atom stereocenters. The molecule has 1 aromatic heterocycles. The van der Waals surface area contributed by atoms with E-state index in [0.717, 1.165) is 31.0 Å². The highest BCUT2D eigenvalue weighted by Crippen LogP contribution is 2.26. The summed E-state index contributed by atoms with van der Waals surface area (Å²) in [6, 6.07) is 16.5. The molecule has 6 nitrogen and oxygen atoms in total. The van der Waals surface area contributed by atoms with Gasteiger partial charge in [-0.25, -0.2) is 0 Å². The largest absolute Gasteiger partial charge is 0.325 e. The van der Waals surface area contributed by atoms with Crippen molar-refractivity contribution in [3.63, 3.8) is 0 Å². The first kappa shape index (κ1) is 23.7. The van der Waals surface area contributed by atoms with E-state index in [0.29, 0.717) is 34.0 Å². The molecule has 1 saturated heterocycles. The molecule has 0 atom stereocenters. The van der Waals surface area contributed by atoms with Crippen LogP contribution in [0.5, 0.6) is 0 Å². The van der Waals surface area contributed by atoms with Gasteiger partial charge in [0.15, 0.2) is 5.16 Å². The molecule has 33 heavy (non-hydrogen) atoms. The van der Waals surface area contributed by atoms with Crippen LogP contribution in [0, 0.1) is 0 Å². The summed E-state index contributed by atoms with van der Waals surface area (Å²) in [6.45, 7) is 3.52. The van der Waals surface area contributed by atoms with E-state index >= 15 is 0 Å². The lowest BCUT2D eigenvalue weighted by Crippen LogP contribution is -2.22. The van der Waals surface area contributed by atoms with E-state index in [2.05, 4.69) is 37.1 Å². The fourth-order valence-corrected chi connectivity index (χ4v) is 4.91. The van der Waals surface area contributed by atoms with Gasteiger partial charge in [-0.1, -0.05) is 53.9 Å². The van der Waals surface area contributed by atoms with Crippen molar-refractivity contribution in [3.8, 4) is 0 Å². The van der Waals surface area contributed by atoms with Gasteiger partial charge in [-0.15, -0.1) is 10.2 Å². The number of thioether (sulfide) groups is 2. The number of nitrogens with zero attached hydrogens (tertiary/aromatic N) is 4. The monoisotopic (exact) mass is 489 g/mol. The predicted molar refractivity (Wildman–Crippen MR) is 128 cm³/mol. The number of benzene rings is 2. The van der Waals surface area contributed by atoms with Gasteiger partial charge in [-0.3, -0.25) is 9.69 Å². The second-order valence-corrected chi connectivity index (χ2v) is 9.70. The van der Waals surface area contributed by atoms with Crippen molar-refractivity contribution >= 4 is 35.1 Å². The highest BCUT2D eigenvalue weighted by Gasteiger charge is 2.19. The molecule has 1 amide bonds. The second-order valence-electron chi connectivity index (χ2n) is 7.69. The molecule has 0 saturated carbocycles. The van der Waals surface area contributed by atoms with Gasteiger partial charge in [0.2, 0.25) is 5.91 Å². The van der Waals surface area contributed by atoms with Gasteiger partial charge >= 0.3 is 0 Å². The van der Waals surface area contributed by atoms with Crippen molar-refractivity contribution in [2.24, 2.45) is 0 Å². The van der Waals surface area contributed by atoms with E-state index < -0.39 is 5.76 Å². The molecule has 174 valence electrons. The van der Waals surface area contributed by atoms with Crippen molar-refractivity contribution in [2.75, 3.05) is 24.2 Å². The van der Waals surface area contributed by atoms with Crippen LogP contribution in [-0.4, -0.2) is 50.2 Å². The van der Waals surface area contributed by atoms with Crippen LogP contribution in [0.4, 0.5) is 14.5 Å². The smallest absolute Gasteiger partial charge is 0.288 e. The zero-order valence-corrected chi connectivity index (χ0v) is 19.6. The van der Waals surface area contributed by atoms with Crippen LogP contribution in [0.2, 0.25) is 0 Å². The minimum atomic E-state index is -2.47. The lowest BCUT2D eigenvalue weighted by Gasteiger charge is -2.16. The van der Waals surface area contributed by atoms with Crippen LogP contribution < -0.4 is 5.32 Å². The number of amides is 1. The van der Waals surface area contributed by atoms with Gasteiger partial charge in [-0.2, -0.15) is 8.78 Å². The molecule has 3 aromatic rings. The quantitative estimate of drug-likeness (QED) is 0.406. The van der Waals surface area contributed by atoms with Gasteiger partial charge in [0.05, 0.1) is 18.8 Å². The topological polar surface area (TPSA) is 63.1 Å². The number of likely N-dealkylation sites (tertiary alicyclic amines) is 1. The summed E-state index contributed by atoms with van der Waals surface area (Å²) in [5.74, 6) is -1.59. The zero-order valence-electron chi connectivity index (χ0n) is 18.0. The average Bonchev–Trinajstić information content (AvgIpc) is 3.45. The maximum atomic E-state index is 12.5. The minimum absolute atomic E-state index is 0.171. The maximum absolute atomic E-state index is 12.5. The molecule has 0 aliphatic carbocycles. The number of anilines is 1. The number of carbonyl (C=O) groups excluding carboxylic acids is 1. The Bertz CT molecular complexity index is 1040. The molecule has 10 heteroatoms. The van der Waals surface area contributed by atoms with Gasteiger partial charge in [-0.05, 0) is 55.8 Å². The Hall–Kier alpha value is -2.43. The van der Waals surface area contributed by atoms with Crippen LogP contribution in [0.1, 0.15) is 24.2 Å². The zero-order chi connectivity index (χ0) is 23.0. The summed E-state index contributed by atoms with van der Waals surface area (Å²) in [4.78, 5) is 15.3. The van der Waals surface area contributed by atoms with Crippen molar-refractivity contribution < 1.29 is 13.6 Å². The summed E-state index contributed by atoms with van der Waals surface area (Å²) in [5, 5.41) is 12.3. The molecular weight excluding hydrogens is 464 g/mol. The molecular formula is C23H25F2N5OS2. The van der Waals surface area contributed by atoms with Gasteiger partial charge in [0, 0.05) is 10.6 Å². The average molecular weight is 490 g/mol. The summed E-state index contributed by atoms with van der Waals surface area (Å²) in [7, 11) is 0. The Morgan fingerprint density at radius 3 is 2.42 bits per heavy atom. The van der Waals surface area contributed by atoms with Crippen molar-refractivity contribution in [1.29, 1.82) is 0 Å². The van der Waals surface area contributed by atoms with Crippen molar-refractivity contribution in [1.82, 2.24) is 19.7 Å². The number of hydrogen-bond acceptors (Lipinski definition) is 6. The molecule has 1 N–H and O–H groups in total. The molecule has 4 rings (SSSR count). The lowest BCUT2D eigenvalue weighted by atomic mass is 10.2. The van der Waals surface area contributed by atoms with Crippen LogP contribution in [0.3, 0.4) is 0 Å². The fourth-order valence-electron chi connectivity index (χ4n) is 3.66. The Morgan fingerprint density at radius 1 is 1.00 bits per heavy atom. The highest BCUT2D eigenvalue weighted by atomic mass is 32.2. The molecule has 0 spiro atoms. The van der Waals surface area contributed by atoms with Crippen molar-refractivity contribution in [2.45, 2.75) is 41.7 Å². The van der Waals surface area contributed by atoms with E-state index in [1.165, 1.54) is 24.6 Å². The summed E-state index contributed by atoms with van der Waals surface area (Å²) >= 11 is 1.82. The van der Waals surface area contributed by atoms with Gasteiger partial charge in [0.25, 0.3) is 5.76 Å². The molecule has 1 fully saturated rings. The van der Waals surface area contributed by atoms with Crippen LogP contribution in [-0.2, 0) is 17.9 Å². The number of carbonyl (C=O) groups is 1. The predicted octanol–water partition coefficient (Wildman–Crippen LogP) is 4.97. The Morgan fingerprint density at radius 2 is 1.73 bits per heavy atom. The third-order valence-electron chi connectivity index (χ3n) is 5.24. The number of hydrogen-bond donors (Lipinski definition) is 1. The Kier molecular flexibility index (Phi) is 8.35. The first-order chi connectivity index (χ1) is 16.1. The third-order valence-corrected chi connectivity index (χ3v) is 6.93. The van der Waals surface area contributed by atoms with E-state index in [1.54, 1.807) is 24.3 Å². The standard InChI is InChI=1S/C23H25F2N5OS2/c24-22(25)33-19-10-8-18(9-11-19)26-21(31)16-32-23-28-27-20(15-29-12-4-5-13-29)30(23)14-17-6-2-1-3-7-17/h1-3,6-11,22H,4-5,12-16H2,(H,26,31). The van der Waals surface area contributed by atoms with E-state index in [4.69, 9.17) is 0 Å². The van der Waals surface area contributed by atoms with Crippen molar-refractivity contribution in [3.05, 3.63) is 66.0 Å². The molecule has 0 radical (unpaired) electrons. The normalized spacial score (nSPS) is 14.2. The lowest BCUT2D eigenvalue weighted by molar-refractivity contribution is -0.113. The van der Waals surface area contributed by atoms with Crippen LogP contribution >= 0.6 is 23.5 Å². The maximum Gasteiger partial charge on any atom is 0.288 e. The van der Waals surface area contributed by atoms with E-state index in [-0.39, 0.29) is 11.7 Å². The number of nitrogens with one attached hydrogen (secondary N) is 1. The number of halogens is 2. The molecule has 1 aliphatic rings. The minimum Gasteiger partial charge on any atom is -0.325 e. The Labute approximate surface area is 200 Å². The van der Waals surface area contributed by atoms with Crippen LogP contribution in [0.15, 0.2) is 64.6 Å². The number of aromatic nitrogens is 3. The first-order valence-corrected chi connectivity index (χ1v) is 12.6. The number of rotatable bonds is 10. The fraction of sp³-hybridized carbons (Fsp3) is 0.348. The number of alkyl halides is 2. The third kappa shape index (κ3) is 7.02. The van der Waals surface area contributed by atoms with E-state index in [9.17, 15) is 13.6 Å². The summed E-state index contributed by atoms with van der Waals surface area (Å²) in [5.41, 5.74) is 1.72. The molecule has 2 heterocycles. The Balaban J connectivity index is 1.40. The molecule has 2 aromatic carbocycles. The van der Waals surface area contributed by atoms with Gasteiger partial charge < -0.3 is 9.88 Å². The SMILES string of the molecule is O=C(CSc1nnc(CN2CCCC2)n1Cc1ccccc1)Nc1ccc(SC(F)F)cc1. The molecule has 0 bridgehead atoms.